The molecule has 21 heavy (non-hydrogen) atoms. The lowest BCUT2D eigenvalue weighted by Gasteiger charge is -2.30. The molecule has 0 unspecified atom stereocenters. The van der Waals surface area contributed by atoms with Crippen LogP contribution in [0.5, 0.6) is 0 Å². The summed E-state index contributed by atoms with van der Waals surface area (Å²) in [4.78, 5) is 16.8. The van der Waals surface area contributed by atoms with Gasteiger partial charge < -0.3 is 4.90 Å². The molecule has 1 aliphatic heterocycles. The van der Waals surface area contributed by atoms with Gasteiger partial charge in [0, 0.05) is 18.0 Å². The lowest BCUT2D eigenvalue weighted by molar-refractivity contribution is 0.0688. The Morgan fingerprint density at radius 2 is 2.05 bits per heavy atom. The summed E-state index contributed by atoms with van der Waals surface area (Å²) in [5, 5.41) is 0. The molecule has 110 valence electrons. The fourth-order valence-corrected chi connectivity index (χ4v) is 4.14. The summed E-state index contributed by atoms with van der Waals surface area (Å²) in [5.74, 6) is 0.828. The minimum Gasteiger partial charge on any atom is -0.338 e. The number of carbonyl (C=O) groups is 1. The average Bonchev–Trinajstić information content (AvgIpc) is 2.89. The van der Waals surface area contributed by atoms with Gasteiger partial charge in [0.2, 0.25) is 0 Å². The van der Waals surface area contributed by atoms with Gasteiger partial charge in [0.15, 0.2) is 0 Å². The molecule has 2 heterocycles. The predicted octanol–water partition coefficient (Wildman–Crippen LogP) is 4.60. The smallest absolute Gasteiger partial charge is 0.263 e. The molecule has 0 spiro atoms. The number of likely N-dealkylation sites (tertiary alicyclic amines) is 1. The maximum Gasteiger partial charge on any atom is 0.263 e. The SMILES string of the molecule is Cc1cc(C(=O)N2CCC[C@@H](C)C2)sc1-c1ccccc1. The van der Waals surface area contributed by atoms with Crippen LogP contribution in [0.4, 0.5) is 0 Å². The average molecular weight is 299 g/mol. The Balaban J connectivity index is 1.85. The third-order valence-corrected chi connectivity index (χ3v) is 5.38. The van der Waals surface area contributed by atoms with Gasteiger partial charge in [-0.2, -0.15) is 0 Å². The Morgan fingerprint density at radius 3 is 2.76 bits per heavy atom. The zero-order valence-electron chi connectivity index (χ0n) is 12.6. The molecule has 0 radical (unpaired) electrons. The van der Waals surface area contributed by atoms with Crippen molar-refractivity contribution < 1.29 is 4.79 Å². The number of carbonyl (C=O) groups excluding carboxylic acids is 1. The van der Waals surface area contributed by atoms with Gasteiger partial charge in [-0.25, -0.2) is 0 Å². The Bertz CT molecular complexity index is 632. The van der Waals surface area contributed by atoms with Gasteiger partial charge in [-0.05, 0) is 42.9 Å². The molecule has 3 rings (SSSR count). The molecule has 1 aromatic carbocycles. The van der Waals surface area contributed by atoms with Crippen LogP contribution in [-0.4, -0.2) is 23.9 Å². The van der Waals surface area contributed by atoms with E-state index >= 15 is 0 Å². The second-order valence-electron chi connectivity index (χ2n) is 5.99. The van der Waals surface area contributed by atoms with Crippen LogP contribution in [0.1, 0.15) is 35.0 Å². The first-order valence-corrected chi connectivity index (χ1v) is 8.42. The first kappa shape index (κ1) is 14.3. The van der Waals surface area contributed by atoms with Crippen LogP contribution in [0.3, 0.4) is 0 Å². The number of piperidine rings is 1. The molecule has 1 atom stereocenters. The minimum absolute atomic E-state index is 0.205. The maximum absolute atomic E-state index is 12.7. The second kappa shape index (κ2) is 6.02. The van der Waals surface area contributed by atoms with Gasteiger partial charge in [-0.15, -0.1) is 11.3 Å². The fraction of sp³-hybridized carbons (Fsp3) is 0.389. The quantitative estimate of drug-likeness (QED) is 0.794. The van der Waals surface area contributed by atoms with Gasteiger partial charge in [0.25, 0.3) is 5.91 Å². The van der Waals surface area contributed by atoms with E-state index in [2.05, 4.69) is 32.0 Å². The summed E-state index contributed by atoms with van der Waals surface area (Å²) in [6.07, 6.45) is 2.37. The van der Waals surface area contributed by atoms with Gasteiger partial charge >= 0.3 is 0 Å². The predicted molar refractivity (Wildman–Crippen MR) is 88.8 cm³/mol. The number of hydrogen-bond acceptors (Lipinski definition) is 2. The molecule has 2 aromatic rings. The van der Waals surface area contributed by atoms with Crippen molar-refractivity contribution >= 4 is 17.2 Å². The molecule has 1 aromatic heterocycles. The monoisotopic (exact) mass is 299 g/mol. The number of nitrogens with zero attached hydrogens (tertiary/aromatic N) is 1. The number of hydrogen-bond donors (Lipinski definition) is 0. The topological polar surface area (TPSA) is 20.3 Å². The minimum atomic E-state index is 0.205. The second-order valence-corrected chi connectivity index (χ2v) is 7.04. The van der Waals surface area contributed by atoms with Crippen LogP contribution in [0.2, 0.25) is 0 Å². The van der Waals surface area contributed by atoms with Gasteiger partial charge in [-0.1, -0.05) is 37.3 Å². The summed E-state index contributed by atoms with van der Waals surface area (Å²) in [7, 11) is 0. The lowest BCUT2D eigenvalue weighted by atomic mass is 10.0. The highest BCUT2D eigenvalue weighted by Gasteiger charge is 2.24. The normalized spacial score (nSPS) is 18.8. The van der Waals surface area contributed by atoms with E-state index in [0.29, 0.717) is 5.92 Å². The van der Waals surface area contributed by atoms with Crippen LogP contribution >= 0.6 is 11.3 Å². The lowest BCUT2D eigenvalue weighted by Crippen LogP contribution is -2.38. The van der Waals surface area contributed by atoms with Crippen LogP contribution in [0.25, 0.3) is 10.4 Å². The van der Waals surface area contributed by atoms with Crippen molar-refractivity contribution in [3.63, 3.8) is 0 Å². The molecule has 1 saturated heterocycles. The van der Waals surface area contributed by atoms with Crippen molar-refractivity contribution in [2.45, 2.75) is 26.7 Å². The third-order valence-electron chi connectivity index (χ3n) is 4.11. The van der Waals surface area contributed by atoms with E-state index in [0.717, 1.165) is 24.4 Å². The highest BCUT2D eigenvalue weighted by atomic mass is 32.1. The molecule has 3 heteroatoms. The van der Waals surface area contributed by atoms with E-state index in [1.165, 1.54) is 22.4 Å². The van der Waals surface area contributed by atoms with E-state index in [1.54, 1.807) is 11.3 Å². The van der Waals surface area contributed by atoms with E-state index in [4.69, 9.17) is 0 Å². The van der Waals surface area contributed by atoms with E-state index < -0.39 is 0 Å². The zero-order valence-corrected chi connectivity index (χ0v) is 13.5. The van der Waals surface area contributed by atoms with Crippen LogP contribution < -0.4 is 0 Å². The number of thiophene rings is 1. The molecule has 1 fully saturated rings. The number of amides is 1. The van der Waals surface area contributed by atoms with Crippen molar-refractivity contribution in [3.05, 3.63) is 46.8 Å². The molecule has 1 amide bonds. The molecular weight excluding hydrogens is 278 g/mol. The largest absolute Gasteiger partial charge is 0.338 e. The Hall–Kier alpha value is -1.61. The number of rotatable bonds is 2. The van der Waals surface area contributed by atoms with Gasteiger partial charge in [0.05, 0.1) is 4.88 Å². The Kier molecular flexibility index (Phi) is 4.11. The van der Waals surface area contributed by atoms with E-state index in [1.807, 2.05) is 23.1 Å². The molecule has 1 aliphatic rings. The Labute approximate surface area is 130 Å². The summed E-state index contributed by atoms with van der Waals surface area (Å²) in [6.45, 7) is 6.13. The summed E-state index contributed by atoms with van der Waals surface area (Å²) >= 11 is 1.62. The van der Waals surface area contributed by atoms with Crippen molar-refractivity contribution in [3.8, 4) is 10.4 Å². The molecule has 0 bridgehead atoms. The molecular formula is C18H21NOS. The summed E-state index contributed by atoms with van der Waals surface area (Å²) in [6, 6.07) is 12.4. The molecule has 0 aliphatic carbocycles. The van der Waals surface area contributed by atoms with Crippen LogP contribution in [0.15, 0.2) is 36.4 Å². The maximum atomic E-state index is 12.7. The Morgan fingerprint density at radius 1 is 1.29 bits per heavy atom. The van der Waals surface area contributed by atoms with E-state index in [9.17, 15) is 4.79 Å². The van der Waals surface area contributed by atoms with Crippen molar-refractivity contribution in [1.29, 1.82) is 0 Å². The van der Waals surface area contributed by atoms with Crippen molar-refractivity contribution in [2.24, 2.45) is 5.92 Å². The highest BCUT2D eigenvalue weighted by Crippen LogP contribution is 2.33. The molecule has 2 nitrogen and oxygen atoms in total. The zero-order chi connectivity index (χ0) is 14.8. The fourth-order valence-electron chi connectivity index (χ4n) is 2.99. The first-order chi connectivity index (χ1) is 10.1. The molecule has 0 saturated carbocycles. The van der Waals surface area contributed by atoms with Crippen molar-refractivity contribution in [2.75, 3.05) is 13.1 Å². The van der Waals surface area contributed by atoms with Crippen LogP contribution in [-0.2, 0) is 0 Å². The third kappa shape index (κ3) is 3.03. The first-order valence-electron chi connectivity index (χ1n) is 7.60. The summed E-state index contributed by atoms with van der Waals surface area (Å²) in [5.41, 5.74) is 2.39. The van der Waals surface area contributed by atoms with E-state index in [-0.39, 0.29) is 5.91 Å². The standard InChI is InChI=1S/C18H21NOS/c1-13-7-6-10-19(12-13)18(20)16-11-14(2)17(21-16)15-8-4-3-5-9-15/h3-5,8-9,11,13H,6-7,10,12H2,1-2H3/t13-/m1/s1. The van der Waals surface area contributed by atoms with Gasteiger partial charge in [-0.3, -0.25) is 4.79 Å². The van der Waals surface area contributed by atoms with Crippen molar-refractivity contribution in [1.82, 2.24) is 4.90 Å². The van der Waals surface area contributed by atoms with Crippen LogP contribution in [0, 0.1) is 12.8 Å². The molecule has 0 N–H and O–H groups in total. The van der Waals surface area contributed by atoms with Gasteiger partial charge in [0.1, 0.15) is 0 Å². The number of benzene rings is 1. The summed E-state index contributed by atoms with van der Waals surface area (Å²) < 4.78 is 0. The number of aryl methyl sites for hydroxylation is 1. The highest BCUT2D eigenvalue weighted by molar-refractivity contribution is 7.17.